The fraction of sp³-hybridized carbons (Fsp3) is 0.833. The number of hydrogen-bond donors (Lipinski definition) is 4. The molecule has 0 aromatic carbocycles. The van der Waals surface area contributed by atoms with Gasteiger partial charge in [0, 0.05) is 19.2 Å². The SMILES string of the molecule is C[C@@H](O)[C@H](NC(=O)N1CCCC1CCCO)C(=O)O. The molecule has 0 aliphatic carbocycles. The Morgan fingerprint density at radius 1 is 1.47 bits per heavy atom. The number of nitrogens with zero attached hydrogens (tertiary/aromatic N) is 1. The molecule has 1 aliphatic rings. The van der Waals surface area contributed by atoms with E-state index < -0.39 is 24.1 Å². The van der Waals surface area contributed by atoms with Gasteiger partial charge in [-0.25, -0.2) is 9.59 Å². The number of aliphatic hydroxyl groups is 2. The van der Waals surface area contributed by atoms with Gasteiger partial charge in [-0.05, 0) is 32.6 Å². The number of carboxylic acids is 1. The molecule has 2 amide bonds. The van der Waals surface area contributed by atoms with E-state index in [1.54, 1.807) is 4.90 Å². The van der Waals surface area contributed by atoms with E-state index in [0.717, 1.165) is 12.8 Å². The summed E-state index contributed by atoms with van der Waals surface area (Å²) in [5.41, 5.74) is 0. The summed E-state index contributed by atoms with van der Waals surface area (Å²) in [6.07, 6.45) is 1.90. The van der Waals surface area contributed by atoms with Crippen LogP contribution in [-0.2, 0) is 4.79 Å². The molecule has 0 bridgehead atoms. The molecule has 1 aliphatic heterocycles. The Bertz CT molecular complexity index is 321. The normalized spacial score (nSPS) is 22.1. The van der Waals surface area contributed by atoms with E-state index in [1.807, 2.05) is 0 Å². The second-order valence-electron chi connectivity index (χ2n) is 4.86. The largest absolute Gasteiger partial charge is 0.480 e. The van der Waals surface area contributed by atoms with Gasteiger partial charge in [0.05, 0.1) is 6.10 Å². The minimum atomic E-state index is -1.30. The lowest BCUT2D eigenvalue weighted by atomic mass is 10.1. The number of hydrogen-bond acceptors (Lipinski definition) is 4. The summed E-state index contributed by atoms with van der Waals surface area (Å²) in [6.45, 7) is 1.98. The zero-order chi connectivity index (χ0) is 14.4. The van der Waals surface area contributed by atoms with Gasteiger partial charge in [-0.1, -0.05) is 0 Å². The van der Waals surface area contributed by atoms with Crippen molar-refractivity contribution in [1.29, 1.82) is 0 Å². The number of amides is 2. The number of urea groups is 1. The molecule has 1 saturated heterocycles. The first-order chi connectivity index (χ1) is 8.97. The minimum absolute atomic E-state index is 0.0376. The van der Waals surface area contributed by atoms with Gasteiger partial charge in [0.2, 0.25) is 0 Å². The van der Waals surface area contributed by atoms with Gasteiger partial charge in [0.1, 0.15) is 0 Å². The summed E-state index contributed by atoms with van der Waals surface area (Å²) in [5, 5.41) is 29.4. The van der Waals surface area contributed by atoms with E-state index in [4.69, 9.17) is 10.2 Å². The summed E-state index contributed by atoms with van der Waals surface area (Å²) in [6, 6.07) is -1.73. The molecule has 0 saturated carbocycles. The highest BCUT2D eigenvalue weighted by atomic mass is 16.4. The molecule has 110 valence electrons. The van der Waals surface area contributed by atoms with Crippen LogP contribution in [0.3, 0.4) is 0 Å². The lowest BCUT2D eigenvalue weighted by molar-refractivity contribution is -0.141. The number of aliphatic hydroxyl groups excluding tert-OH is 2. The molecule has 1 fully saturated rings. The first kappa shape index (κ1) is 15.7. The highest BCUT2D eigenvalue weighted by molar-refractivity contribution is 5.83. The molecule has 1 unspecified atom stereocenters. The Morgan fingerprint density at radius 2 is 2.16 bits per heavy atom. The average molecular weight is 274 g/mol. The number of aliphatic carboxylic acids is 1. The molecule has 3 atom stereocenters. The lowest BCUT2D eigenvalue weighted by Crippen LogP contribution is -2.53. The first-order valence-electron chi connectivity index (χ1n) is 6.56. The maximum atomic E-state index is 12.0. The molecule has 0 radical (unpaired) electrons. The van der Waals surface area contributed by atoms with Gasteiger partial charge in [0.25, 0.3) is 0 Å². The zero-order valence-electron chi connectivity index (χ0n) is 11.1. The van der Waals surface area contributed by atoms with Crippen LogP contribution in [-0.4, -0.2) is 63.6 Å². The molecule has 7 nitrogen and oxygen atoms in total. The average Bonchev–Trinajstić information content (AvgIpc) is 2.80. The van der Waals surface area contributed by atoms with Crippen LogP contribution >= 0.6 is 0 Å². The van der Waals surface area contributed by atoms with Gasteiger partial charge in [-0.15, -0.1) is 0 Å². The van der Waals surface area contributed by atoms with Crippen LogP contribution in [0.2, 0.25) is 0 Å². The Kier molecular flexibility index (Phi) is 6.04. The summed E-state index contributed by atoms with van der Waals surface area (Å²) >= 11 is 0. The van der Waals surface area contributed by atoms with Crippen molar-refractivity contribution in [3.63, 3.8) is 0 Å². The van der Waals surface area contributed by atoms with Crippen LogP contribution in [0.1, 0.15) is 32.6 Å². The van der Waals surface area contributed by atoms with Gasteiger partial charge >= 0.3 is 12.0 Å². The van der Waals surface area contributed by atoms with Crippen LogP contribution in [0, 0.1) is 0 Å². The first-order valence-corrected chi connectivity index (χ1v) is 6.56. The van der Waals surface area contributed by atoms with Crippen LogP contribution in [0.4, 0.5) is 4.79 Å². The van der Waals surface area contributed by atoms with E-state index in [-0.39, 0.29) is 12.6 Å². The Labute approximate surface area is 112 Å². The number of carboxylic acid groups (broad SMARTS) is 1. The van der Waals surface area contributed by atoms with Crippen molar-refractivity contribution in [1.82, 2.24) is 10.2 Å². The van der Waals surface area contributed by atoms with E-state index in [9.17, 15) is 14.7 Å². The van der Waals surface area contributed by atoms with Crippen molar-refractivity contribution in [3.8, 4) is 0 Å². The molecular formula is C12H22N2O5. The second kappa shape index (κ2) is 7.30. The van der Waals surface area contributed by atoms with Gasteiger partial charge in [-0.3, -0.25) is 0 Å². The van der Waals surface area contributed by atoms with Gasteiger partial charge in [0.15, 0.2) is 6.04 Å². The van der Waals surface area contributed by atoms with Crippen molar-refractivity contribution in [2.24, 2.45) is 0 Å². The van der Waals surface area contributed by atoms with Crippen molar-refractivity contribution in [2.75, 3.05) is 13.2 Å². The van der Waals surface area contributed by atoms with Crippen LogP contribution in [0.5, 0.6) is 0 Å². The third-order valence-electron chi connectivity index (χ3n) is 3.36. The number of likely N-dealkylation sites (tertiary alicyclic amines) is 1. The lowest BCUT2D eigenvalue weighted by Gasteiger charge is -2.27. The molecule has 19 heavy (non-hydrogen) atoms. The summed E-state index contributed by atoms with van der Waals surface area (Å²) in [4.78, 5) is 24.5. The number of rotatable bonds is 6. The van der Waals surface area contributed by atoms with Gasteiger partial charge < -0.3 is 25.5 Å². The van der Waals surface area contributed by atoms with Crippen molar-refractivity contribution < 1.29 is 24.9 Å². The Balaban J connectivity index is 2.58. The maximum absolute atomic E-state index is 12.0. The van der Waals surface area contributed by atoms with E-state index in [1.165, 1.54) is 6.92 Å². The zero-order valence-corrected chi connectivity index (χ0v) is 11.1. The molecule has 0 aromatic heterocycles. The minimum Gasteiger partial charge on any atom is -0.480 e. The molecule has 0 spiro atoms. The summed E-state index contributed by atoms with van der Waals surface area (Å²) in [5.74, 6) is -1.26. The fourth-order valence-corrected chi connectivity index (χ4v) is 2.33. The molecule has 4 N–H and O–H groups in total. The molecular weight excluding hydrogens is 252 g/mol. The number of carbonyl (C=O) groups excluding carboxylic acids is 1. The summed E-state index contributed by atoms with van der Waals surface area (Å²) in [7, 11) is 0. The topological polar surface area (TPSA) is 110 Å². The maximum Gasteiger partial charge on any atom is 0.328 e. The van der Waals surface area contributed by atoms with Crippen LogP contribution < -0.4 is 5.32 Å². The van der Waals surface area contributed by atoms with Crippen molar-refractivity contribution >= 4 is 12.0 Å². The standard InChI is InChI=1S/C12H22N2O5/c1-8(16)10(11(17)18)13-12(19)14-6-2-4-9(14)5-3-7-15/h8-10,15-16H,2-7H2,1H3,(H,13,19)(H,17,18)/t8-,9?,10+/m1/s1. The fourth-order valence-electron chi connectivity index (χ4n) is 2.33. The van der Waals surface area contributed by atoms with Crippen molar-refractivity contribution in [2.45, 2.75) is 50.8 Å². The molecule has 0 aromatic rings. The predicted molar refractivity (Wildman–Crippen MR) is 67.7 cm³/mol. The second-order valence-corrected chi connectivity index (χ2v) is 4.86. The molecule has 1 rings (SSSR count). The van der Waals surface area contributed by atoms with E-state index in [0.29, 0.717) is 19.4 Å². The molecule has 1 heterocycles. The number of nitrogens with one attached hydrogen (secondary N) is 1. The highest BCUT2D eigenvalue weighted by Gasteiger charge is 2.32. The molecule has 7 heteroatoms. The summed E-state index contributed by atoms with van der Waals surface area (Å²) < 4.78 is 0. The monoisotopic (exact) mass is 274 g/mol. The smallest absolute Gasteiger partial charge is 0.328 e. The predicted octanol–water partition coefficient (Wildman–Crippen LogP) is -0.233. The quantitative estimate of drug-likeness (QED) is 0.534. The number of carbonyl (C=O) groups is 2. The van der Waals surface area contributed by atoms with E-state index >= 15 is 0 Å². The Hall–Kier alpha value is -1.34. The van der Waals surface area contributed by atoms with Crippen molar-refractivity contribution in [3.05, 3.63) is 0 Å². The van der Waals surface area contributed by atoms with Gasteiger partial charge in [-0.2, -0.15) is 0 Å². The third kappa shape index (κ3) is 4.36. The van der Waals surface area contributed by atoms with E-state index in [2.05, 4.69) is 5.32 Å². The third-order valence-corrected chi connectivity index (χ3v) is 3.36. The Morgan fingerprint density at radius 3 is 2.68 bits per heavy atom. The van der Waals surface area contributed by atoms with Crippen LogP contribution in [0.25, 0.3) is 0 Å². The van der Waals surface area contributed by atoms with Crippen LogP contribution in [0.15, 0.2) is 0 Å². The highest BCUT2D eigenvalue weighted by Crippen LogP contribution is 2.21.